The summed E-state index contributed by atoms with van der Waals surface area (Å²) in [4.78, 5) is 13.5. The molecule has 0 unspecified atom stereocenters. The highest BCUT2D eigenvalue weighted by atomic mass is 35.5. The summed E-state index contributed by atoms with van der Waals surface area (Å²) >= 11 is 5.54. The van der Waals surface area contributed by atoms with Crippen molar-refractivity contribution >= 4 is 27.5 Å². The number of carbonyl (C=O) groups is 1. The van der Waals surface area contributed by atoms with Crippen LogP contribution in [0.2, 0.25) is 5.02 Å². The van der Waals surface area contributed by atoms with E-state index >= 15 is 0 Å². The first-order valence-electron chi connectivity index (χ1n) is 6.25. The highest BCUT2D eigenvalue weighted by Crippen LogP contribution is 2.19. The largest absolute Gasteiger partial charge is 0.497 e. The molecule has 0 aliphatic heterocycles. The first-order valence-corrected chi connectivity index (χ1v) is 8.11. The highest BCUT2D eigenvalue weighted by Gasteiger charge is 2.17. The smallest absolute Gasteiger partial charge is 0.266 e. The van der Waals surface area contributed by atoms with E-state index in [9.17, 15) is 17.6 Å². The maximum Gasteiger partial charge on any atom is 0.266 e. The zero-order valence-corrected chi connectivity index (χ0v) is 13.4. The molecule has 9 heteroatoms. The van der Waals surface area contributed by atoms with E-state index in [1.165, 1.54) is 19.2 Å². The van der Waals surface area contributed by atoms with E-state index in [2.05, 4.69) is 5.43 Å². The Kier molecular flexibility index (Phi) is 5.19. The van der Waals surface area contributed by atoms with E-state index in [0.29, 0.717) is 5.75 Å². The van der Waals surface area contributed by atoms with Crippen molar-refractivity contribution in [3.05, 3.63) is 58.9 Å². The predicted octanol–water partition coefficient (Wildman–Crippen LogP) is 2.11. The van der Waals surface area contributed by atoms with Crippen LogP contribution in [-0.2, 0) is 10.0 Å². The number of amides is 1. The summed E-state index contributed by atoms with van der Waals surface area (Å²) < 4.78 is 42.0. The van der Waals surface area contributed by atoms with Crippen LogP contribution in [-0.4, -0.2) is 21.4 Å². The molecule has 2 N–H and O–H groups in total. The Morgan fingerprint density at radius 2 is 1.83 bits per heavy atom. The molecule has 122 valence electrons. The van der Waals surface area contributed by atoms with Gasteiger partial charge in [0.15, 0.2) is 0 Å². The van der Waals surface area contributed by atoms with Crippen molar-refractivity contribution in [3.8, 4) is 5.75 Å². The molecule has 2 aromatic carbocycles. The maximum absolute atomic E-state index is 13.1. The minimum absolute atomic E-state index is 0.227. The Balaban J connectivity index is 2.08. The van der Waals surface area contributed by atoms with Gasteiger partial charge < -0.3 is 4.74 Å². The molecule has 23 heavy (non-hydrogen) atoms. The van der Waals surface area contributed by atoms with E-state index in [4.69, 9.17) is 16.3 Å². The van der Waals surface area contributed by atoms with Crippen LogP contribution in [0.1, 0.15) is 10.4 Å². The number of ether oxygens (including phenoxy) is 1. The van der Waals surface area contributed by atoms with Gasteiger partial charge in [0.25, 0.3) is 15.9 Å². The monoisotopic (exact) mass is 358 g/mol. The molecule has 2 rings (SSSR count). The molecule has 0 aliphatic rings. The van der Waals surface area contributed by atoms with Crippen molar-refractivity contribution in [2.45, 2.75) is 4.90 Å². The Labute approximate surface area is 137 Å². The lowest BCUT2D eigenvalue weighted by Crippen LogP contribution is -2.41. The maximum atomic E-state index is 13.1. The van der Waals surface area contributed by atoms with Gasteiger partial charge in [-0.05, 0) is 42.5 Å². The van der Waals surface area contributed by atoms with Gasteiger partial charge in [-0.3, -0.25) is 10.2 Å². The highest BCUT2D eigenvalue weighted by molar-refractivity contribution is 7.89. The number of rotatable bonds is 5. The molecular weight excluding hydrogens is 347 g/mol. The number of hydrogen-bond donors (Lipinski definition) is 2. The summed E-state index contributed by atoms with van der Waals surface area (Å²) in [6, 6.07) is 8.95. The van der Waals surface area contributed by atoms with Crippen molar-refractivity contribution in [3.63, 3.8) is 0 Å². The first kappa shape index (κ1) is 17.2. The minimum Gasteiger partial charge on any atom is -0.497 e. The van der Waals surface area contributed by atoms with Gasteiger partial charge in [-0.1, -0.05) is 11.6 Å². The normalized spacial score (nSPS) is 11.1. The lowest BCUT2D eigenvalue weighted by atomic mass is 10.2. The fourth-order valence-corrected chi connectivity index (χ4v) is 2.74. The molecule has 0 saturated carbocycles. The summed E-state index contributed by atoms with van der Waals surface area (Å²) in [6.07, 6.45) is 0. The van der Waals surface area contributed by atoms with Crippen molar-refractivity contribution < 1.29 is 22.3 Å². The van der Waals surface area contributed by atoms with Gasteiger partial charge in [-0.2, -0.15) is 0 Å². The fourth-order valence-electron chi connectivity index (χ4n) is 1.63. The molecule has 1 amide bonds. The van der Waals surface area contributed by atoms with E-state index in [1.54, 1.807) is 12.1 Å². The SMILES string of the molecule is COc1ccc(C(=O)NNS(=O)(=O)c2ccc(F)c(Cl)c2)cc1. The quantitative estimate of drug-likeness (QED) is 0.802. The fraction of sp³-hybridized carbons (Fsp3) is 0.0714. The molecule has 0 fully saturated rings. The van der Waals surface area contributed by atoms with Crippen molar-refractivity contribution in [1.29, 1.82) is 0 Å². The van der Waals surface area contributed by atoms with E-state index in [0.717, 1.165) is 18.2 Å². The number of methoxy groups -OCH3 is 1. The molecule has 0 aromatic heterocycles. The van der Waals surface area contributed by atoms with Crippen LogP contribution in [0.4, 0.5) is 4.39 Å². The molecule has 0 aliphatic carbocycles. The third-order valence-corrected chi connectivity index (χ3v) is 4.39. The van der Waals surface area contributed by atoms with Gasteiger partial charge in [0.05, 0.1) is 17.0 Å². The average molecular weight is 359 g/mol. The van der Waals surface area contributed by atoms with Crippen LogP contribution in [0.15, 0.2) is 47.4 Å². The number of nitrogens with one attached hydrogen (secondary N) is 2. The minimum atomic E-state index is -4.07. The number of hydrogen-bond acceptors (Lipinski definition) is 4. The van der Waals surface area contributed by atoms with Crippen LogP contribution in [0.25, 0.3) is 0 Å². The predicted molar refractivity (Wildman–Crippen MR) is 82.2 cm³/mol. The second kappa shape index (κ2) is 6.95. The molecule has 2 aromatic rings. The van der Waals surface area contributed by atoms with E-state index in [1.807, 2.05) is 4.83 Å². The Bertz CT molecular complexity index is 825. The number of hydrazine groups is 1. The first-order chi connectivity index (χ1) is 10.8. The van der Waals surface area contributed by atoms with Crippen molar-refractivity contribution in [2.24, 2.45) is 0 Å². The second-order valence-electron chi connectivity index (χ2n) is 4.36. The van der Waals surface area contributed by atoms with E-state index < -0.39 is 21.7 Å². The van der Waals surface area contributed by atoms with Crippen LogP contribution < -0.4 is 15.0 Å². The lowest BCUT2D eigenvalue weighted by Gasteiger charge is -2.09. The van der Waals surface area contributed by atoms with Gasteiger partial charge in [-0.15, -0.1) is 4.83 Å². The number of carbonyl (C=O) groups excluding carboxylic acids is 1. The number of halogens is 2. The Hall–Kier alpha value is -2.16. The summed E-state index contributed by atoms with van der Waals surface area (Å²) in [5.41, 5.74) is 2.28. The molecule has 0 heterocycles. The topological polar surface area (TPSA) is 84.5 Å². The summed E-state index contributed by atoms with van der Waals surface area (Å²) in [5.74, 6) is -0.847. The standard InChI is InChI=1S/C14H12ClFN2O4S/c1-22-10-4-2-9(3-5-10)14(19)17-18-23(20,21)11-6-7-13(16)12(15)8-11/h2-8,18H,1H3,(H,17,19). The third-order valence-electron chi connectivity index (χ3n) is 2.85. The molecular formula is C14H12ClFN2O4S. The summed E-state index contributed by atoms with van der Waals surface area (Å²) in [6.45, 7) is 0. The van der Waals surface area contributed by atoms with Gasteiger partial charge in [0.1, 0.15) is 11.6 Å². The third kappa shape index (κ3) is 4.19. The zero-order valence-electron chi connectivity index (χ0n) is 11.8. The van der Waals surface area contributed by atoms with Gasteiger partial charge in [0.2, 0.25) is 0 Å². The van der Waals surface area contributed by atoms with Crippen molar-refractivity contribution in [1.82, 2.24) is 10.3 Å². The van der Waals surface area contributed by atoms with Gasteiger partial charge in [-0.25, -0.2) is 12.8 Å². The molecule has 0 saturated heterocycles. The summed E-state index contributed by atoms with van der Waals surface area (Å²) in [5, 5.41) is -0.339. The van der Waals surface area contributed by atoms with Crippen LogP contribution >= 0.6 is 11.6 Å². The van der Waals surface area contributed by atoms with Gasteiger partial charge in [0, 0.05) is 5.56 Å². The van der Waals surface area contributed by atoms with Crippen LogP contribution in [0, 0.1) is 5.82 Å². The van der Waals surface area contributed by atoms with Crippen LogP contribution in [0.5, 0.6) is 5.75 Å². The lowest BCUT2D eigenvalue weighted by molar-refractivity contribution is 0.0945. The number of benzene rings is 2. The Morgan fingerprint density at radius 3 is 2.39 bits per heavy atom. The molecule has 0 radical (unpaired) electrons. The molecule has 0 bridgehead atoms. The van der Waals surface area contributed by atoms with E-state index in [-0.39, 0.29) is 15.5 Å². The summed E-state index contributed by atoms with van der Waals surface area (Å²) in [7, 11) is -2.59. The molecule has 6 nitrogen and oxygen atoms in total. The Morgan fingerprint density at radius 1 is 1.17 bits per heavy atom. The van der Waals surface area contributed by atoms with Crippen molar-refractivity contribution in [2.75, 3.05) is 7.11 Å². The van der Waals surface area contributed by atoms with Crippen LogP contribution in [0.3, 0.4) is 0 Å². The molecule has 0 spiro atoms. The zero-order chi connectivity index (χ0) is 17.0. The average Bonchev–Trinajstić information content (AvgIpc) is 2.55. The molecule has 0 atom stereocenters. The van der Waals surface area contributed by atoms with Gasteiger partial charge >= 0.3 is 0 Å². The number of sulfonamides is 1. The second-order valence-corrected chi connectivity index (χ2v) is 6.45.